The van der Waals surface area contributed by atoms with E-state index in [4.69, 9.17) is 10.2 Å². The Bertz CT molecular complexity index is 1160. The number of carbonyl (C=O) groups is 2. The molecule has 1 aliphatic rings. The Labute approximate surface area is 181 Å². The molecule has 0 fully saturated rings. The van der Waals surface area contributed by atoms with Crippen LogP contribution < -0.4 is 11.1 Å². The number of carbonyl (C=O) groups excluding carboxylic acids is 2. The van der Waals surface area contributed by atoms with Crippen LogP contribution >= 0.6 is 0 Å². The number of fused-ring (bicyclic) bond motifs is 2. The predicted molar refractivity (Wildman–Crippen MR) is 122 cm³/mol. The van der Waals surface area contributed by atoms with Crippen molar-refractivity contribution in [1.82, 2.24) is 4.90 Å². The molecule has 1 aromatic heterocycles. The van der Waals surface area contributed by atoms with Crippen LogP contribution in [0.2, 0.25) is 0 Å². The normalized spacial score (nSPS) is 15.8. The van der Waals surface area contributed by atoms with Gasteiger partial charge in [0.2, 0.25) is 11.8 Å². The number of furan rings is 1. The van der Waals surface area contributed by atoms with Gasteiger partial charge in [-0.25, -0.2) is 0 Å². The first-order valence-electron chi connectivity index (χ1n) is 10.5. The number of likely N-dealkylation sites (N-methyl/N-ethyl adjacent to an activating group) is 1. The van der Waals surface area contributed by atoms with Gasteiger partial charge in [-0.1, -0.05) is 24.3 Å². The Hall–Kier alpha value is -3.38. The third-order valence-electron chi connectivity index (χ3n) is 5.86. The molecule has 0 saturated heterocycles. The summed E-state index contributed by atoms with van der Waals surface area (Å²) in [6.45, 7) is 2.90. The molecule has 6 nitrogen and oxygen atoms in total. The minimum Gasteiger partial charge on any atom is -0.459 e. The zero-order valence-corrected chi connectivity index (χ0v) is 17.9. The van der Waals surface area contributed by atoms with E-state index < -0.39 is 0 Å². The fourth-order valence-electron chi connectivity index (χ4n) is 4.00. The van der Waals surface area contributed by atoms with Crippen LogP contribution in [0.1, 0.15) is 28.9 Å². The molecule has 1 atom stereocenters. The Morgan fingerprint density at radius 2 is 2.10 bits per heavy atom. The highest BCUT2D eigenvalue weighted by atomic mass is 16.3. The van der Waals surface area contributed by atoms with E-state index in [9.17, 15) is 9.59 Å². The van der Waals surface area contributed by atoms with E-state index in [2.05, 4.69) is 5.32 Å². The van der Waals surface area contributed by atoms with E-state index in [0.717, 1.165) is 39.1 Å². The number of anilines is 1. The summed E-state index contributed by atoms with van der Waals surface area (Å²) in [5.74, 6) is 0.614. The summed E-state index contributed by atoms with van der Waals surface area (Å²) < 4.78 is 5.92. The average Bonchev–Trinajstić information content (AvgIpc) is 3.08. The monoisotopic (exact) mass is 417 g/mol. The molecule has 160 valence electrons. The SMILES string of the molecule is Cc1c(CN(C)C(=O)/C=C/c2ccc3c(c2)CC(CCN)C(=O)N3)oc2ccccc12. The lowest BCUT2D eigenvalue weighted by Gasteiger charge is -2.24. The first-order valence-corrected chi connectivity index (χ1v) is 10.5. The molecule has 2 amide bonds. The molecular formula is C25H27N3O3. The largest absolute Gasteiger partial charge is 0.459 e. The summed E-state index contributed by atoms with van der Waals surface area (Å²) in [4.78, 5) is 26.4. The summed E-state index contributed by atoms with van der Waals surface area (Å²) in [5.41, 5.74) is 10.3. The summed E-state index contributed by atoms with van der Waals surface area (Å²) in [7, 11) is 1.76. The Kier molecular flexibility index (Phi) is 5.91. The van der Waals surface area contributed by atoms with Crippen molar-refractivity contribution < 1.29 is 14.0 Å². The fourth-order valence-corrected chi connectivity index (χ4v) is 4.00. The number of rotatable bonds is 6. The molecule has 3 N–H and O–H groups in total. The molecule has 3 aromatic rings. The summed E-state index contributed by atoms with van der Waals surface area (Å²) in [6, 6.07) is 13.7. The van der Waals surface area contributed by atoms with Crippen LogP contribution in [0.4, 0.5) is 5.69 Å². The predicted octanol–water partition coefficient (Wildman–Crippen LogP) is 3.87. The van der Waals surface area contributed by atoms with E-state index >= 15 is 0 Å². The standard InChI is InChI=1S/C25H27N3O3/c1-16-20-5-3-4-6-22(20)31-23(16)15-28(2)24(29)10-8-17-7-9-21-19(13-17)14-18(11-12-26)25(30)27-21/h3-10,13,18H,11-12,14-15,26H2,1-2H3,(H,27,30)/b10-8+. The molecule has 0 aliphatic carbocycles. The molecule has 4 rings (SSSR count). The van der Waals surface area contributed by atoms with Crippen molar-refractivity contribution in [2.45, 2.75) is 26.3 Å². The topological polar surface area (TPSA) is 88.6 Å². The van der Waals surface area contributed by atoms with Crippen LogP contribution in [0.25, 0.3) is 17.0 Å². The van der Waals surface area contributed by atoms with Gasteiger partial charge < -0.3 is 20.4 Å². The van der Waals surface area contributed by atoms with Gasteiger partial charge in [0.05, 0.1) is 6.54 Å². The zero-order chi connectivity index (χ0) is 22.0. The number of hydrogen-bond donors (Lipinski definition) is 2. The van der Waals surface area contributed by atoms with E-state index in [1.54, 1.807) is 24.1 Å². The lowest BCUT2D eigenvalue weighted by molar-refractivity contribution is -0.125. The lowest BCUT2D eigenvalue weighted by Crippen LogP contribution is -2.31. The fraction of sp³-hybridized carbons (Fsp3) is 0.280. The molecule has 0 radical (unpaired) electrons. The van der Waals surface area contributed by atoms with Gasteiger partial charge in [-0.15, -0.1) is 0 Å². The molecule has 1 aliphatic heterocycles. The van der Waals surface area contributed by atoms with Gasteiger partial charge >= 0.3 is 0 Å². The third-order valence-corrected chi connectivity index (χ3v) is 5.86. The highest BCUT2D eigenvalue weighted by molar-refractivity contribution is 5.96. The van der Waals surface area contributed by atoms with Crippen molar-refractivity contribution in [3.05, 3.63) is 71.0 Å². The van der Waals surface area contributed by atoms with Crippen LogP contribution in [-0.2, 0) is 22.6 Å². The van der Waals surface area contributed by atoms with Crippen LogP contribution in [0.5, 0.6) is 0 Å². The molecule has 2 aromatic carbocycles. The Balaban J connectivity index is 1.44. The highest BCUT2D eigenvalue weighted by Crippen LogP contribution is 2.29. The molecule has 0 spiro atoms. The maximum Gasteiger partial charge on any atom is 0.246 e. The van der Waals surface area contributed by atoms with E-state index in [1.165, 1.54) is 0 Å². The molecule has 6 heteroatoms. The van der Waals surface area contributed by atoms with Gasteiger partial charge in [0, 0.05) is 35.7 Å². The second-order valence-corrected chi connectivity index (χ2v) is 8.06. The number of nitrogens with two attached hydrogens (primary N) is 1. The molecular weight excluding hydrogens is 390 g/mol. The van der Waals surface area contributed by atoms with Crippen molar-refractivity contribution in [2.24, 2.45) is 11.7 Å². The molecule has 0 bridgehead atoms. The number of nitrogens with zero attached hydrogens (tertiary/aromatic N) is 1. The lowest BCUT2D eigenvalue weighted by atomic mass is 9.90. The van der Waals surface area contributed by atoms with Crippen LogP contribution in [-0.4, -0.2) is 30.3 Å². The van der Waals surface area contributed by atoms with Crippen molar-refractivity contribution >= 4 is 34.5 Å². The Morgan fingerprint density at radius 1 is 1.29 bits per heavy atom. The van der Waals surface area contributed by atoms with Crippen molar-refractivity contribution in [3.63, 3.8) is 0 Å². The number of benzene rings is 2. The van der Waals surface area contributed by atoms with Gasteiger partial charge in [-0.3, -0.25) is 9.59 Å². The van der Waals surface area contributed by atoms with Gasteiger partial charge in [0.15, 0.2) is 0 Å². The van der Waals surface area contributed by atoms with E-state index in [1.807, 2.05) is 49.4 Å². The minimum absolute atomic E-state index is 0.0268. The van der Waals surface area contributed by atoms with Gasteiger partial charge in [0.25, 0.3) is 0 Å². The van der Waals surface area contributed by atoms with Crippen LogP contribution in [0, 0.1) is 12.8 Å². The first-order chi connectivity index (χ1) is 15.0. The smallest absolute Gasteiger partial charge is 0.246 e. The van der Waals surface area contributed by atoms with Crippen molar-refractivity contribution in [2.75, 3.05) is 18.9 Å². The zero-order valence-electron chi connectivity index (χ0n) is 17.9. The van der Waals surface area contributed by atoms with Crippen LogP contribution in [0.3, 0.4) is 0 Å². The van der Waals surface area contributed by atoms with Crippen molar-refractivity contribution in [1.29, 1.82) is 0 Å². The number of amides is 2. The summed E-state index contributed by atoms with van der Waals surface area (Å²) in [5, 5.41) is 4.02. The average molecular weight is 418 g/mol. The summed E-state index contributed by atoms with van der Waals surface area (Å²) >= 11 is 0. The first kappa shape index (κ1) is 20.9. The molecule has 31 heavy (non-hydrogen) atoms. The third kappa shape index (κ3) is 4.39. The van der Waals surface area contributed by atoms with Crippen LogP contribution in [0.15, 0.2) is 53.0 Å². The second-order valence-electron chi connectivity index (χ2n) is 8.06. The number of nitrogens with one attached hydrogen (secondary N) is 1. The second kappa shape index (κ2) is 8.78. The molecule has 0 saturated carbocycles. The van der Waals surface area contributed by atoms with Crippen molar-refractivity contribution in [3.8, 4) is 0 Å². The number of hydrogen-bond acceptors (Lipinski definition) is 4. The summed E-state index contributed by atoms with van der Waals surface area (Å²) in [6.07, 6.45) is 4.70. The Morgan fingerprint density at radius 3 is 2.87 bits per heavy atom. The number of aryl methyl sites for hydroxylation is 1. The maximum atomic E-state index is 12.6. The van der Waals surface area contributed by atoms with E-state index in [0.29, 0.717) is 25.9 Å². The minimum atomic E-state index is -0.105. The van der Waals surface area contributed by atoms with Gasteiger partial charge in [-0.2, -0.15) is 0 Å². The van der Waals surface area contributed by atoms with Gasteiger partial charge in [0.1, 0.15) is 11.3 Å². The molecule has 2 heterocycles. The van der Waals surface area contributed by atoms with E-state index in [-0.39, 0.29) is 17.7 Å². The quantitative estimate of drug-likeness (QED) is 0.596. The highest BCUT2D eigenvalue weighted by Gasteiger charge is 2.25. The molecule has 1 unspecified atom stereocenters. The maximum absolute atomic E-state index is 12.6. The number of para-hydroxylation sites is 1. The van der Waals surface area contributed by atoms with Gasteiger partial charge in [-0.05, 0) is 61.7 Å².